The second kappa shape index (κ2) is 11.7. The summed E-state index contributed by atoms with van der Waals surface area (Å²) in [6.07, 6.45) is -7.62. The van der Waals surface area contributed by atoms with Gasteiger partial charge in [-0.05, 0) is 47.6 Å². The number of ether oxygens (including phenoxy) is 4. The van der Waals surface area contributed by atoms with Gasteiger partial charge in [-0.2, -0.15) is 18.2 Å². The molecule has 0 aliphatic carbocycles. The van der Waals surface area contributed by atoms with E-state index in [1.165, 1.54) is 24.0 Å². The van der Waals surface area contributed by atoms with Gasteiger partial charge in [-0.3, -0.25) is 0 Å². The molecule has 0 aliphatic heterocycles. The molecule has 0 bridgehead atoms. The van der Waals surface area contributed by atoms with Gasteiger partial charge in [0, 0.05) is 19.3 Å². The monoisotopic (exact) mass is 612 g/mol. The van der Waals surface area contributed by atoms with E-state index in [9.17, 15) is 22.0 Å². The highest BCUT2D eigenvalue weighted by atomic mass is 19.4. The smallest absolute Gasteiger partial charge is 0.422 e. The fourth-order valence-corrected chi connectivity index (χ4v) is 3.56. The maximum atomic E-state index is 14.2. The average Bonchev–Trinajstić information content (AvgIpc) is 3.18. The minimum absolute atomic E-state index is 0.0677. The van der Waals surface area contributed by atoms with Crippen LogP contribution in [0.1, 0.15) is 53.3 Å². The van der Waals surface area contributed by atoms with Crippen LogP contribution in [0.5, 0.6) is 23.7 Å². The number of alkyl halides is 5. The van der Waals surface area contributed by atoms with Crippen molar-refractivity contribution in [3.05, 3.63) is 30.4 Å². The van der Waals surface area contributed by atoms with E-state index in [0.717, 1.165) is 12.4 Å². The number of halogens is 5. The number of rotatable bonds is 9. The molecule has 0 aliphatic rings. The SMILES string of the molecule is Cn1nc(OC(c2cc(OCC(F)(F)F)ncn2)C(F)F)c2cc(-c3cnc(OC(C)(C)C)nc3OC(C)(C)C)nnc21. The molecule has 1 unspecified atom stereocenters. The van der Waals surface area contributed by atoms with Gasteiger partial charge in [0.1, 0.15) is 23.2 Å². The van der Waals surface area contributed by atoms with Crippen LogP contribution in [0, 0.1) is 0 Å². The Morgan fingerprint density at radius 3 is 2.21 bits per heavy atom. The first-order valence-electron chi connectivity index (χ1n) is 12.8. The average molecular weight is 613 g/mol. The molecule has 4 aromatic heterocycles. The molecular weight excluding hydrogens is 583 g/mol. The van der Waals surface area contributed by atoms with Crippen molar-refractivity contribution >= 4 is 11.0 Å². The van der Waals surface area contributed by atoms with Crippen LogP contribution in [0.3, 0.4) is 0 Å². The molecule has 0 saturated carbocycles. The predicted molar refractivity (Wildman–Crippen MR) is 141 cm³/mol. The predicted octanol–water partition coefficient (Wildman–Crippen LogP) is 5.29. The second-order valence-corrected chi connectivity index (χ2v) is 11.3. The molecule has 4 heterocycles. The summed E-state index contributed by atoms with van der Waals surface area (Å²) in [5, 5.41) is 12.7. The van der Waals surface area contributed by atoms with Gasteiger partial charge in [0.25, 0.3) is 6.43 Å². The second-order valence-electron chi connectivity index (χ2n) is 11.3. The van der Waals surface area contributed by atoms with E-state index in [2.05, 4.69) is 40.0 Å². The van der Waals surface area contributed by atoms with Crippen LogP contribution in [-0.2, 0) is 7.05 Å². The Labute approximate surface area is 242 Å². The highest BCUT2D eigenvalue weighted by Crippen LogP contribution is 2.36. The summed E-state index contributed by atoms with van der Waals surface area (Å²) in [5.41, 5.74) is -0.953. The standard InChI is InChI=1S/C26H29F5N8O4/c1-24(2,3)42-21-14(10-32-23(35-21)43-25(4,5)6)15-8-13-20(37-36-15)39(7)38-22(13)41-18(19(27)28)16-9-17(34-12-33-16)40-11-26(29,30)31/h8-10,12,18-19H,11H2,1-7H3. The van der Waals surface area contributed by atoms with Crippen LogP contribution in [0.25, 0.3) is 22.3 Å². The van der Waals surface area contributed by atoms with E-state index in [4.69, 9.17) is 14.2 Å². The van der Waals surface area contributed by atoms with E-state index in [-0.39, 0.29) is 34.5 Å². The number of nitrogens with zero attached hydrogens (tertiary/aromatic N) is 8. The molecule has 4 rings (SSSR count). The molecule has 0 amide bonds. The minimum Gasteiger partial charge on any atom is -0.471 e. The van der Waals surface area contributed by atoms with Crippen molar-refractivity contribution in [1.29, 1.82) is 0 Å². The molecule has 17 heteroatoms. The fourth-order valence-electron chi connectivity index (χ4n) is 3.56. The van der Waals surface area contributed by atoms with E-state index in [1.807, 2.05) is 41.5 Å². The fraction of sp³-hybridized carbons (Fsp3) is 0.500. The van der Waals surface area contributed by atoms with E-state index in [1.54, 1.807) is 0 Å². The van der Waals surface area contributed by atoms with E-state index < -0.39 is 48.1 Å². The third kappa shape index (κ3) is 8.32. The van der Waals surface area contributed by atoms with Gasteiger partial charge in [0.05, 0.1) is 16.6 Å². The molecule has 43 heavy (non-hydrogen) atoms. The number of aryl methyl sites for hydroxylation is 1. The summed E-state index contributed by atoms with van der Waals surface area (Å²) in [6.45, 7) is 9.31. The van der Waals surface area contributed by atoms with Crippen LogP contribution in [0.4, 0.5) is 22.0 Å². The third-order valence-corrected chi connectivity index (χ3v) is 5.17. The quantitative estimate of drug-likeness (QED) is 0.228. The lowest BCUT2D eigenvalue weighted by Gasteiger charge is -2.24. The van der Waals surface area contributed by atoms with Crippen LogP contribution >= 0.6 is 0 Å². The van der Waals surface area contributed by atoms with Gasteiger partial charge < -0.3 is 18.9 Å². The zero-order chi connectivity index (χ0) is 31.7. The summed E-state index contributed by atoms with van der Waals surface area (Å²) in [7, 11) is 1.50. The van der Waals surface area contributed by atoms with Gasteiger partial charge in [0.2, 0.25) is 23.7 Å². The summed E-state index contributed by atoms with van der Waals surface area (Å²) in [4.78, 5) is 16.0. The molecule has 0 aromatic carbocycles. The van der Waals surface area contributed by atoms with Gasteiger partial charge in [0.15, 0.2) is 12.3 Å². The molecule has 0 radical (unpaired) electrons. The zero-order valence-corrected chi connectivity index (χ0v) is 24.3. The first-order chi connectivity index (χ1) is 19.9. The highest BCUT2D eigenvalue weighted by Gasteiger charge is 2.32. The van der Waals surface area contributed by atoms with Crippen molar-refractivity contribution in [2.24, 2.45) is 7.05 Å². The largest absolute Gasteiger partial charge is 0.471 e. The first kappa shape index (κ1) is 31.5. The lowest BCUT2D eigenvalue weighted by molar-refractivity contribution is -0.154. The molecule has 4 aromatic rings. The maximum absolute atomic E-state index is 14.2. The van der Waals surface area contributed by atoms with Crippen LogP contribution in [-0.4, -0.2) is 70.3 Å². The maximum Gasteiger partial charge on any atom is 0.422 e. The Kier molecular flexibility index (Phi) is 8.56. The van der Waals surface area contributed by atoms with Crippen molar-refractivity contribution in [3.63, 3.8) is 0 Å². The topological polar surface area (TPSA) is 132 Å². The first-order valence-corrected chi connectivity index (χ1v) is 12.8. The minimum atomic E-state index is -4.65. The van der Waals surface area contributed by atoms with Gasteiger partial charge in [-0.1, -0.05) is 0 Å². The number of aromatic nitrogens is 8. The number of hydrogen-bond acceptors (Lipinski definition) is 11. The van der Waals surface area contributed by atoms with E-state index >= 15 is 0 Å². The summed E-state index contributed by atoms with van der Waals surface area (Å²) >= 11 is 0. The molecule has 0 N–H and O–H groups in total. The molecule has 232 valence electrons. The van der Waals surface area contributed by atoms with Crippen molar-refractivity contribution < 1.29 is 40.9 Å². The Bertz CT molecular complexity index is 1580. The lowest BCUT2D eigenvalue weighted by atomic mass is 10.1. The van der Waals surface area contributed by atoms with E-state index in [0.29, 0.717) is 5.56 Å². The Morgan fingerprint density at radius 2 is 1.58 bits per heavy atom. The summed E-state index contributed by atoms with van der Waals surface area (Å²) in [6, 6.07) is 2.40. The van der Waals surface area contributed by atoms with Crippen LogP contribution in [0.15, 0.2) is 24.7 Å². The number of fused-ring (bicyclic) bond motifs is 1. The van der Waals surface area contributed by atoms with Gasteiger partial charge in [-0.15, -0.1) is 15.3 Å². The summed E-state index contributed by atoms with van der Waals surface area (Å²) < 4.78 is 89.3. The van der Waals surface area contributed by atoms with Crippen LogP contribution in [0.2, 0.25) is 0 Å². The molecule has 12 nitrogen and oxygen atoms in total. The zero-order valence-electron chi connectivity index (χ0n) is 24.3. The normalized spacial score (nSPS) is 13.3. The number of hydrogen-bond donors (Lipinski definition) is 0. The summed E-state index contributed by atoms with van der Waals surface area (Å²) in [5.74, 6) is -0.678. The third-order valence-electron chi connectivity index (χ3n) is 5.17. The molecule has 1 atom stereocenters. The van der Waals surface area contributed by atoms with Gasteiger partial charge in [-0.25, -0.2) is 28.4 Å². The molecule has 0 fully saturated rings. The van der Waals surface area contributed by atoms with Crippen molar-refractivity contribution in [2.45, 2.75) is 71.5 Å². The molecular formula is C26H29F5N8O4. The van der Waals surface area contributed by atoms with Crippen LogP contribution < -0.4 is 18.9 Å². The Balaban J connectivity index is 1.73. The van der Waals surface area contributed by atoms with Crippen molar-refractivity contribution in [1.82, 2.24) is 39.9 Å². The lowest BCUT2D eigenvalue weighted by Crippen LogP contribution is -2.26. The van der Waals surface area contributed by atoms with Gasteiger partial charge >= 0.3 is 12.2 Å². The van der Waals surface area contributed by atoms with Crippen molar-refractivity contribution in [2.75, 3.05) is 6.61 Å². The van der Waals surface area contributed by atoms with Crippen molar-refractivity contribution in [3.8, 4) is 34.9 Å². The Hall–Kier alpha value is -4.44. The molecule has 0 saturated heterocycles. The highest BCUT2D eigenvalue weighted by molar-refractivity contribution is 5.85. The molecule has 0 spiro atoms. The Morgan fingerprint density at radius 1 is 0.884 bits per heavy atom.